The van der Waals surface area contributed by atoms with Gasteiger partial charge in [-0.05, 0) is 42.8 Å². The first-order valence-electron chi connectivity index (χ1n) is 8.33. The SMILES string of the molecule is C[C@@H]1c2cccn2-c2ccccc2CN1C(=O)Nc1ccc(F)cc1F. The number of nitrogens with zero attached hydrogens (tertiary/aromatic N) is 2. The van der Waals surface area contributed by atoms with Crippen LogP contribution < -0.4 is 5.32 Å². The highest BCUT2D eigenvalue weighted by Gasteiger charge is 2.28. The molecule has 1 aliphatic rings. The number of para-hydroxylation sites is 1. The highest BCUT2D eigenvalue weighted by atomic mass is 19.1. The summed E-state index contributed by atoms with van der Waals surface area (Å²) >= 11 is 0. The molecule has 1 N–H and O–H groups in total. The Morgan fingerprint density at radius 2 is 1.92 bits per heavy atom. The number of hydrogen-bond donors (Lipinski definition) is 1. The number of urea groups is 1. The molecular formula is C20H17F2N3O. The van der Waals surface area contributed by atoms with Crippen LogP contribution in [0.15, 0.2) is 60.8 Å². The maximum atomic E-state index is 13.9. The number of benzene rings is 2. The van der Waals surface area contributed by atoms with Crippen LogP contribution in [0.4, 0.5) is 19.3 Å². The van der Waals surface area contributed by atoms with Gasteiger partial charge in [-0.3, -0.25) is 0 Å². The molecule has 0 aliphatic carbocycles. The predicted molar refractivity (Wildman–Crippen MR) is 95.1 cm³/mol. The average Bonchev–Trinajstić information content (AvgIpc) is 3.07. The highest BCUT2D eigenvalue weighted by Crippen LogP contribution is 2.32. The van der Waals surface area contributed by atoms with Crippen LogP contribution in [0.2, 0.25) is 0 Å². The molecule has 0 saturated carbocycles. The first kappa shape index (κ1) is 16.3. The summed E-state index contributed by atoms with van der Waals surface area (Å²) in [4.78, 5) is 14.5. The van der Waals surface area contributed by atoms with Gasteiger partial charge in [-0.1, -0.05) is 18.2 Å². The van der Waals surface area contributed by atoms with Crippen LogP contribution in [0.25, 0.3) is 5.69 Å². The molecule has 0 bridgehead atoms. The van der Waals surface area contributed by atoms with Gasteiger partial charge in [0.15, 0.2) is 0 Å². The summed E-state index contributed by atoms with van der Waals surface area (Å²) < 4.78 is 29.1. The molecule has 1 aliphatic heterocycles. The van der Waals surface area contributed by atoms with E-state index in [2.05, 4.69) is 9.88 Å². The zero-order valence-corrected chi connectivity index (χ0v) is 14.1. The Morgan fingerprint density at radius 3 is 2.73 bits per heavy atom. The molecule has 1 atom stereocenters. The molecule has 0 radical (unpaired) electrons. The summed E-state index contributed by atoms with van der Waals surface area (Å²) in [7, 11) is 0. The normalized spacial score (nSPS) is 15.8. The summed E-state index contributed by atoms with van der Waals surface area (Å²) in [6.07, 6.45) is 1.96. The van der Waals surface area contributed by atoms with Gasteiger partial charge in [0, 0.05) is 18.0 Å². The molecule has 0 fully saturated rings. The summed E-state index contributed by atoms with van der Waals surface area (Å²) in [5.41, 5.74) is 2.92. The molecule has 2 aromatic carbocycles. The number of nitrogens with one attached hydrogen (secondary N) is 1. The fraction of sp³-hybridized carbons (Fsp3) is 0.150. The molecule has 4 nitrogen and oxygen atoms in total. The maximum absolute atomic E-state index is 13.9. The quantitative estimate of drug-likeness (QED) is 0.666. The number of amides is 2. The molecule has 2 amide bonds. The minimum absolute atomic E-state index is 0.0449. The van der Waals surface area contributed by atoms with Crippen LogP contribution in [0.3, 0.4) is 0 Å². The van der Waals surface area contributed by atoms with E-state index in [0.717, 1.165) is 29.1 Å². The number of anilines is 1. The molecule has 0 unspecified atom stereocenters. The Morgan fingerprint density at radius 1 is 1.12 bits per heavy atom. The largest absolute Gasteiger partial charge is 0.322 e. The van der Waals surface area contributed by atoms with Gasteiger partial charge in [-0.2, -0.15) is 0 Å². The van der Waals surface area contributed by atoms with Crippen LogP contribution in [-0.2, 0) is 6.54 Å². The zero-order chi connectivity index (χ0) is 18.3. The van der Waals surface area contributed by atoms with Crippen molar-refractivity contribution in [3.05, 3.63) is 83.7 Å². The van der Waals surface area contributed by atoms with Crippen LogP contribution in [-0.4, -0.2) is 15.5 Å². The van der Waals surface area contributed by atoms with Crippen molar-refractivity contribution in [2.24, 2.45) is 0 Å². The fourth-order valence-electron chi connectivity index (χ4n) is 3.34. The van der Waals surface area contributed by atoms with Crippen molar-refractivity contribution in [3.63, 3.8) is 0 Å². The Kier molecular flexibility index (Phi) is 3.95. The summed E-state index contributed by atoms with van der Waals surface area (Å²) in [6, 6.07) is 14.2. The van der Waals surface area contributed by atoms with Gasteiger partial charge < -0.3 is 14.8 Å². The van der Waals surface area contributed by atoms with Crippen molar-refractivity contribution in [2.45, 2.75) is 19.5 Å². The zero-order valence-electron chi connectivity index (χ0n) is 14.1. The van der Waals surface area contributed by atoms with E-state index in [1.807, 2.05) is 49.5 Å². The van der Waals surface area contributed by atoms with E-state index < -0.39 is 17.7 Å². The lowest BCUT2D eigenvalue weighted by atomic mass is 10.1. The second-order valence-corrected chi connectivity index (χ2v) is 6.29. The molecule has 3 aromatic rings. The van der Waals surface area contributed by atoms with Gasteiger partial charge >= 0.3 is 6.03 Å². The monoisotopic (exact) mass is 353 g/mol. The standard InChI is InChI=1S/C20H17F2N3O/c1-13-18-7-4-10-24(18)19-6-3-2-5-14(19)12-25(13)20(26)23-17-9-8-15(21)11-16(17)22/h2-11,13H,12H2,1H3,(H,23,26)/t13-/m1/s1. The number of hydrogen-bond acceptors (Lipinski definition) is 1. The van der Waals surface area contributed by atoms with E-state index in [4.69, 9.17) is 0 Å². The van der Waals surface area contributed by atoms with E-state index in [9.17, 15) is 13.6 Å². The second-order valence-electron chi connectivity index (χ2n) is 6.29. The van der Waals surface area contributed by atoms with E-state index >= 15 is 0 Å². The number of carbonyl (C=O) groups is 1. The van der Waals surface area contributed by atoms with Gasteiger partial charge in [0.25, 0.3) is 0 Å². The summed E-state index contributed by atoms with van der Waals surface area (Å²) in [5.74, 6) is -1.49. The van der Waals surface area contributed by atoms with Crippen LogP contribution in [0.1, 0.15) is 24.2 Å². The third-order valence-corrected chi connectivity index (χ3v) is 4.70. The van der Waals surface area contributed by atoms with Crippen molar-refractivity contribution in [1.29, 1.82) is 0 Å². The molecular weight excluding hydrogens is 336 g/mol. The fourth-order valence-corrected chi connectivity index (χ4v) is 3.34. The minimum Gasteiger partial charge on any atom is -0.318 e. The molecule has 0 spiro atoms. The highest BCUT2D eigenvalue weighted by molar-refractivity contribution is 5.90. The van der Waals surface area contributed by atoms with Crippen molar-refractivity contribution >= 4 is 11.7 Å². The van der Waals surface area contributed by atoms with Gasteiger partial charge in [-0.15, -0.1) is 0 Å². The lowest BCUT2D eigenvalue weighted by molar-refractivity contribution is 0.189. The summed E-state index contributed by atoms with van der Waals surface area (Å²) in [5, 5.41) is 2.56. The van der Waals surface area contributed by atoms with Gasteiger partial charge in [-0.25, -0.2) is 13.6 Å². The Balaban J connectivity index is 1.70. The van der Waals surface area contributed by atoms with E-state index in [-0.39, 0.29) is 11.7 Å². The van der Waals surface area contributed by atoms with Crippen molar-refractivity contribution < 1.29 is 13.6 Å². The van der Waals surface area contributed by atoms with Gasteiger partial charge in [0.1, 0.15) is 11.6 Å². The van der Waals surface area contributed by atoms with E-state index in [0.29, 0.717) is 6.54 Å². The summed E-state index contributed by atoms with van der Waals surface area (Å²) in [6.45, 7) is 2.31. The first-order chi connectivity index (χ1) is 12.5. The van der Waals surface area contributed by atoms with Crippen LogP contribution in [0.5, 0.6) is 0 Å². The molecule has 26 heavy (non-hydrogen) atoms. The Hall–Kier alpha value is -3.15. The number of rotatable bonds is 1. The molecule has 0 saturated heterocycles. The van der Waals surface area contributed by atoms with Gasteiger partial charge in [0.2, 0.25) is 0 Å². The number of aromatic nitrogens is 1. The number of halogens is 2. The first-order valence-corrected chi connectivity index (χ1v) is 8.33. The topological polar surface area (TPSA) is 37.3 Å². The predicted octanol–water partition coefficient (Wildman–Crippen LogP) is 4.86. The molecule has 1 aromatic heterocycles. The van der Waals surface area contributed by atoms with Gasteiger partial charge in [0.05, 0.1) is 24.0 Å². The second kappa shape index (κ2) is 6.29. The minimum atomic E-state index is -0.801. The molecule has 6 heteroatoms. The van der Waals surface area contributed by atoms with Crippen LogP contribution >= 0.6 is 0 Å². The molecule has 2 heterocycles. The lowest BCUT2D eigenvalue weighted by Crippen LogP contribution is -2.36. The third kappa shape index (κ3) is 2.73. The third-order valence-electron chi connectivity index (χ3n) is 4.70. The maximum Gasteiger partial charge on any atom is 0.322 e. The van der Waals surface area contributed by atoms with Crippen molar-refractivity contribution in [1.82, 2.24) is 9.47 Å². The van der Waals surface area contributed by atoms with E-state index in [1.54, 1.807) is 4.90 Å². The van der Waals surface area contributed by atoms with E-state index in [1.165, 1.54) is 6.07 Å². The Labute approximate surface area is 149 Å². The lowest BCUT2D eigenvalue weighted by Gasteiger charge is -2.27. The number of fused-ring (bicyclic) bond motifs is 3. The molecule has 4 rings (SSSR count). The smallest absolute Gasteiger partial charge is 0.318 e. The van der Waals surface area contributed by atoms with Crippen molar-refractivity contribution in [3.8, 4) is 5.69 Å². The average molecular weight is 353 g/mol. The molecule has 132 valence electrons. The van der Waals surface area contributed by atoms with Crippen LogP contribution in [0, 0.1) is 11.6 Å². The number of carbonyl (C=O) groups excluding carboxylic acids is 1. The Bertz CT molecular complexity index is 983. The van der Waals surface area contributed by atoms with Crippen molar-refractivity contribution in [2.75, 3.05) is 5.32 Å².